The molecule has 2 N–H and O–H groups in total. The third-order valence-corrected chi connectivity index (χ3v) is 3.36. The van der Waals surface area contributed by atoms with E-state index >= 15 is 0 Å². The van der Waals surface area contributed by atoms with Crippen molar-refractivity contribution in [1.82, 2.24) is 4.98 Å². The Bertz CT molecular complexity index is 643. The van der Waals surface area contributed by atoms with E-state index in [0.717, 1.165) is 0 Å². The van der Waals surface area contributed by atoms with Crippen LogP contribution >= 0.6 is 10.7 Å². The zero-order chi connectivity index (χ0) is 16.6. The molecule has 0 unspecified atom stereocenters. The van der Waals surface area contributed by atoms with Crippen molar-refractivity contribution in [2.45, 2.75) is 24.0 Å². The molecule has 0 aliphatic heterocycles. The summed E-state index contributed by atoms with van der Waals surface area (Å²) in [5.74, 6) is -1.85. The minimum atomic E-state index is -5.51. The summed E-state index contributed by atoms with van der Waals surface area (Å²) >= 11 is 0. The molecule has 120 valence electrons. The Hall–Kier alpha value is -1.27. The van der Waals surface area contributed by atoms with Gasteiger partial charge in [0.05, 0.1) is 5.69 Å². The summed E-state index contributed by atoms with van der Waals surface area (Å²) < 4.78 is 101. The Labute approximate surface area is 118 Å². The molecule has 0 saturated heterocycles. The Morgan fingerprint density at radius 2 is 1.76 bits per heavy atom. The summed E-state index contributed by atoms with van der Waals surface area (Å²) in [6.45, 7) is -0.850. The first-order valence-corrected chi connectivity index (χ1v) is 7.08. The zero-order valence-electron chi connectivity index (χ0n) is 9.59. The summed E-state index contributed by atoms with van der Waals surface area (Å²) in [6, 6.07) is 0. The highest BCUT2D eigenvalue weighted by Crippen LogP contribution is 2.44. The number of rotatable bonds is 3. The van der Waals surface area contributed by atoms with Crippen molar-refractivity contribution < 1.29 is 39.5 Å². The highest BCUT2D eigenvalue weighted by atomic mass is 35.7. The van der Waals surface area contributed by atoms with Gasteiger partial charge in [-0.25, -0.2) is 8.42 Å². The summed E-state index contributed by atoms with van der Waals surface area (Å²) in [7, 11) is -0.245. The van der Waals surface area contributed by atoms with E-state index in [0.29, 0.717) is 0 Å². The van der Waals surface area contributed by atoms with Gasteiger partial charge in [-0.2, -0.15) is 13.2 Å². The molecule has 21 heavy (non-hydrogen) atoms. The lowest BCUT2D eigenvalue weighted by atomic mass is 10.2. The smallest absolute Gasteiger partial charge is 0.403 e. The molecule has 5 nitrogen and oxygen atoms in total. The van der Waals surface area contributed by atoms with E-state index in [2.05, 4.69) is 9.72 Å². The lowest BCUT2D eigenvalue weighted by Gasteiger charge is -2.19. The van der Waals surface area contributed by atoms with Crippen LogP contribution in [0.3, 0.4) is 0 Å². The molecule has 13 heteroatoms. The minimum absolute atomic E-state index is 0.163. The quantitative estimate of drug-likeness (QED) is 0.662. The summed E-state index contributed by atoms with van der Waals surface area (Å²) in [6.07, 6.45) is -10.8. The second-order valence-corrected chi connectivity index (χ2v) is 6.00. The van der Waals surface area contributed by atoms with Gasteiger partial charge in [-0.15, -0.1) is 13.2 Å². The van der Waals surface area contributed by atoms with E-state index in [1.165, 1.54) is 0 Å². The number of hydrogen-bond donors (Lipinski definition) is 1. The number of ether oxygens (including phenoxy) is 1. The number of pyridine rings is 1. The van der Waals surface area contributed by atoms with E-state index in [4.69, 9.17) is 16.4 Å². The first kappa shape index (κ1) is 17.8. The van der Waals surface area contributed by atoms with Crippen LogP contribution < -0.4 is 10.5 Å². The zero-order valence-corrected chi connectivity index (χ0v) is 11.2. The molecule has 1 heterocycles. The molecule has 0 atom stereocenters. The first-order chi connectivity index (χ1) is 9.27. The number of nitrogens with two attached hydrogens (primary N) is 1. The normalized spacial score (nSPS) is 13.3. The van der Waals surface area contributed by atoms with Crippen molar-refractivity contribution in [1.29, 1.82) is 0 Å². The number of nitrogens with zero attached hydrogens (tertiary/aromatic N) is 1. The minimum Gasteiger partial charge on any atom is -0.403 e. The van der Waals surface area contributed by atoms with Crippen LogP contribution in [0, 0.1) is 0 Å². The molecule has 1 aromatic heterocycles. The molecule has 1 rings (SSSR count). The average molecular weight is 359 g/mol. The number of aromatic nitrogens is 1. The van der Waals surface area contributed by atoms with E-state index in [-0.39, 0.29) is 6.20 Å². The van der Waals surface area contributed by atoms with Crippen LogP contribution in [0.5, 0.6) is 5.75 Å². The van der Waals surface area contributed by atoms with Gasteiger partial charge in [-0.1, -0.05) is 0 Å². The monoisotopic (exact) mass is 358 g/mol. The van der Waals surface area contributed by atoms with Crippen LogP contribution in [0.2, 0.25) is 0 Å². The van der Waals surface area contributed by atoms with Gasteiger partial charge in [-0.3, -0.25) is 4.98 Å². The van der Waals surface area contributed by atoms with Crippen LogP contribution in [0.1, 0.15) is 11.3 Å². The standard InChI is InChI=1S/C8H5ClF6N2O3S/c9-21(18,19)4-2-17-3(1-16)6(20-8(13,14)15)5(4)7(10,11)12/h2H,1,16H2. The fraction of sp³-hybridized carbons (Fsp3) is 0.375. The molecule has 0 fully saturated rings. The lowest BCUT2D eigenvalue weighted by Crippen LogP contribution is -2.24. The SMILES string of the molecule is NCc1ncc(S(=O)(=O)Cl)c(C(F)(F)F)c1OC(F)(F)F. The Morgan fingerprint density at radius 1 is 1.24 bits per heavy atom. The maximum atomic E-state index is 12.9. The van der Waals surface area contributed by atoms with E-state index in [9.17, 15) is 34.8 Å². The fourth-order valence-corrected chi connectivity index (χ4v) is 2.32. The molecule has 0 spiro atoms. The summed E-state index contributed by atoms with van der Waals surface area (Å²) in [5.41, 5.74) is 1.84. The molecule has 0 amide bonds. The van der Waals surface area contributed by atoms with E-state index in [1.807, 2.05) is 0 Å². The topological polar surface area (TPSA) is 82.3 Å². The predicted octanol–water partition coefficient (Wildman–Crippen LogP) is 2.39. The molecule has 0 aromatic carbocycles. The molecular weight excluding hydrogens is 354 g/mol. The maximum absolute atomic E-state index is 12.9. The lowest BCUT2D eigenvalue weighted by molar-refractivity contribution is -0.276. The van der Waals surface area contributed by atoms with Gasteiger partial charge in [0.2, 0.25) is 0 Å². The van der Waals surface area contributed by atoms with Crippen LogP contribution in [0.25, 0.3) is 0 Å². The first-order valence-electron chi connectivity index (χ1n) is 4.77. The largest absolute Gasteiger partial charge is 0.573 e. The van der Waals surface area contributed by atoms with Gasteiger partial charge in [0.25, 0.3) is 9.05 Å². The molecule has 1 aromatic rings. The van der Waals surface area contributed by atoms with Crippen molar-refractivity contribution in [2.75, 3.05) is 0 Å². The van der Waals surface area contributed by atoms with Crippen LogP contribution in [0.4, 0.5) is 26.3 Å². The molecule has 0 aliphatic rings. The Morgan fingerprint density at radius 3 is 2.10 bits per heavy atom. The third-order valence-electron chi connectivity index (χ3n) is 2.03. The molecule has 0 aliphatic carbocycles. The van der Waals surface area contributed by atoms with Gasteiger partial charge in [-0.05, 0) is 0 Å². The third kappa shape index (κ3) is 4.35. The van der Waals surface area contributed by atoms with Crippen LogP contribution in [-0.2, 0) is 21.8 Å². The van der Waals surface area contributed by atoms with Gasteiger partial charge < -0.3 is 10.5 Å². The summed E-state index contributed by atoms with van der Waals surface area (Å²) in [5, 5.41) is 0. The van der Waals surface area contributed by atoms with Gasteiger partial charge >= 0.3 is 12.5 Å². The van der Waals surface area contributed by atoms with Crippen LogP contribution in [0.15, 0.2) is 11.1 Å². The Kier molecular flexibility index (Phi) is 4.65. The van der Waals surface area contributed by atoms with Crippen molar-refractivity contribution in [3.63, 3.8) is 0 Å². The van der Waals surface area contributed by atoms with Crippen molar-refractivity contribution in [3.8, 4) is 5.75 Å². The second-order valence-electron chi connectivity index (χ2n) is 3.46. The van der Waals surface area contributed by atoms with Gasteiger partial charge in [0, 0.05) is 23.4 Å². The van der Waals surface area contributed by atoms with Crippen molar-refractivity contribution in [3.05, 3.63) is 17.5 Å². The average Bonchev–Trinajstić information content (AvgIpc) is 2.23. The molecule has 0 bridgehead atoms. The highest BCUT2D eigenvalue weighted by Gasteiger charge is 2.45. The van der Waals surface area contributed by atoms with Gasteiger partial charge in [0.15, 0.2) is 5.75 Å². The van der Waals surface area contributed by atoms with Crippen molar-refractivity contribution >= 4 is 19.7 Å². The number of hydrogen-bond acceptors (Lipinski definition) is 5. The van der Waals surface area contributed by atoms with Gasteiger partial charge in [0.1, 0.15) is 10.5 Å². The summed E-state index contributed by atoms with van der Waals surface area (Å²) in [4.78, 5) is 1.45. The predicted molar refractivity (Wildman–Crippen MR) is 56.9 cm³/mol. The molecule has 0 saturated carbocycles. The molecule has 0 radical (unpaired) electrons. The Balaban J connectivity index is 3.79. The maximum Gasteiger partial charge on any atom is 0.573 e. The van der Waals surface area contributed by atoms with E-state index in [1.54, 1.807) is 0 Å². The van der Waals surface area contributed by atoms with E-state index < -0.39 is 50.0 Å². The number of halogens is 7. The van der Waals surface area contributed by atoms with Crippen LogP contribution in [-0.4, -0.2) is 19.8 Å². The van der Waals surface area contributed by atoms with Crippen molar-refractivity contribution in [2.24, 2.45) is 5.73 Å². The fourth-order valence-electron chi connectivity index (χ4n) is 1.34. The highest BCUT2D eigenvalue weighted by molar-refractivity contribution is 8.13. The molecular formula is C8H5ClF6N2O3S. The second kappa shape index (κ2) is 5.50. The number of alkyl halides is 6.